The van der Waals surface area contributed by atoms with Gasteiger partial charge in [0.25, 0.3) is 0 Å². The van der Waals surface area contributed by atoms with Gasteiger partial charge in [-0.2, -0.15) is 8.42 Å². The molecular formula is C23H29N3O5S. The first kappa shape index (κ1) is 23.7. The molecule has 2 aromatic rings. The highest BCUT2D eigenvalue weighted by atomic mass is 32.2. The number of hydrogen-bond donors (Lipinski definition) is 3. The van der Waals surface area contributed by atoms with Gasteiger partial charge in [0.2, 0.25) is 11.8 Å². The number of benzene rings is 2. The van der Waals surface area contributed by atoms with Crippen molar-refractivity contribution in [3.8, 4) is 0 Å². The maximum Gasteiger partial charge on any atom is 0.357 e. The largest absolute Gasteiger partial charge is 0.357 e. The Morgan fingerprint density at radius 2 is 1.84 bits per heavy atom. The molecule has 8 nitrogen and oxygen atoms in total. The molecule has 172 valence electrons. The number of amides is 2. The fraction of sp³-hybridized carbons (Fsp3) is 0.391. The van der Waals surface area contributed by atoms with Crippen LogP contribution in [-0.2, 0) is 39.4 Å². The van der Waals surface area contributed by atoms with Gasteiger partial charge in [0.1, 0.15) is 6.04 Å². The van der Waals surface area contributed by atoms with E-state index in [-0.39, 0.29) is 24.0 Å². The highest BCUT2D eigenvalue weighted by Crippen LogP contribution is 2.27. The summed E-state index contributed by atoms with van der Waals surface area (Å²) >= 11 is 0. The van der Waals surface area contributed by atoms with Crippen LogP contribution >= 0.6 is 0 Å². The van der Waals surface area contributed by atoms with Crippen LogP contribution in [-0.4, -0.2) is 35.7 Å². The van der Waals surface area contributed by atoms with Crippen molar-refractivity contribution in [3.63, 3.8) is 0 Å². The van der Waals surface area contributed by atoms with Gasteiger partial charge in [-0.1, -0.05) is 56.2 Å². The molecule has 0 saturated heterocycles. The van der Waals surface area contributed by atoms with Crippen LogP contribution in [0.2, 0.25) is 0 Å². The Morgan fingerprint density at radius 3 is 2.53 bits per heavy atom. The molecule has 0 saturated carbocycles. The van der Waals surface area contributed by atoms with Crippen LogP contribution in [0.1, 0.15) is 49.3 Å². The number of unbranched alkanes of at least 4 members (excludes halogenated alkanes) is 2. The quantitative estimate of drug-likeness (QED) is 0.394. The van der Waals surface area contributed by atoms with Crippen molar-refractivity contribution in [1.29, 1.82) is 0 Å². The molecule has 1 heterocycles. The number of carbonyl (C=O) groups excluding carboxylic acids is 2. The van der Waals surface area contributed by atoms with E-state index in [2.05, 4.69) is 12.2 Å². The van der Waals surface area contributed by atoms with E-state index in [4.69, 9.17) is 4.55 Å². The lowest BCUT2D eigenvalue weighted by molar-refractivity contribution is -0.142. The minimum atomic E-state index is -4.40. The zero-order valence-corrected chi connectivity index (χ0v) is 18.9. The minimum absolute atomic E-state index is 0.0999. The number of hydrogen-bond acceptors (Lipinski definition) is 4. The van der Waals surface area contributed by atoms with Crippen LogP contribution in [0.25, 0.3) is 0 Å². The third-order valence-electron chi connectivity index (χ3n) is 5.51. The first-order chi connectivity index (χ1) is 15.3. The standard InChI is InChI=1S/C23H29N3O5S/c1-2-3-5-10-22(27)26-16-19-13-20(25-32(29,30)31)12-11-18(19)14-21(26)23(28)24-15-17-8-6-4-7-9-17/h4,6-9,11-13,21,25H,2-3,5,10,14-16H2,1H3,(H,24,28)(H,29,30,31)/t21-/m0/s1. The van der Waals surface area contributed by atoms with Crippen LogP contribution in [0.4, 0.5) is 5.69 Å². The second-order valence-corrected chi connectivity index (χ2v) is 9.12. The van der Waals surface area contributed by atoms with Gasteiger partial charge in [0, 0.05) is 25.9 Å². The van der Waals surface area contributed by atoms with Gasteiger partial charge < -0.3 is 10.2 Å². The molecule has 3 rings (SSSR count). The molecular weight excluding hydrogens is 430 g/mol. The predicted molar refractivity (Wildman–Crippen MR) is 122 cm³/mol. The highest BCUT2D eigenvalue weighted by molar-refractivity contribution is 7.87. The van der Waals surface area contributed by atoms with E-state index in [1.165, 1.54) is 6.07 Å². The minimum Gasteiger partial charge on any atom is -0.350 e. The second kappa shape index (κ2) is 10.6. The molecule has 0 spiro atoms. The summed E-state index contributed by atoms with van der Waals surface area (Å²) in [4.78, 5) is 27.6. The Labute approximate surface area is 188 Å². The van der Waals surface area contributed by atoms with E-state index in [1.807, 2.05) is 35.1 Å². The zero-order valence-electron chi connectivity index (χ0n) is 18.1. The average molecular weight is 460 g/mol. The summed E-state index contributed by atoms with van der Waals surface area (Å²) < 4.78 is 33.4. The van der Waals surface area contributed by atoms with Crippen molar-refractivity contribution in [2.75, 3.05) is 4.72 Å². The molecule has 0 unspecified atom stereocenters. The highest BCUT2D eigenvalue weighted by Gasteiger charge is 2.34. The van der Waals surface area contributed by atoms with Gasteiger partial charge in [0.05, 0.1) is 5.69 Å². The maximum absolute atomic E-state index is 13.1. The van der Waals surface area contributed by atoms with Crippen LogP contribution in [0.3, 0.4) is 0 Å². The number of nitrogens with one attached hydrogen (secondary N) is 2. The molecule has 0 fully saturated rings. The van der Waals surface area contributed by atoms with E-state index >= 15 is 0 Å². The number of carbonyl (C=O) groups is 2. The zero-order chi connectivity index (χ0) is 23.1. The van der Waals surface area contributed by atoms with Crippen LogP contribution in [0, 0.1) is 0 Å². The van der Waals surface area contributed by atoms with Gasteiger partial charge in [-0.15, -0.1) is 0 Å². The Bertz CT molecular complexity index is 1060. The molecule has 2 aromatic carbocycles. The smallest absolute Gasteiger partial charge is 0.350 e. The van der Waals surface area contributed by atoms with Gasteiger partial charge in [-0.05, 0) is 35.2 Å². The molecule has 2 amide bonds. The molecule has 0 aromatic heterocycles. The third-order valence-corrected chi connectivity index (χ3v) is 6.00. The van der Waals surface area contributed by atoms with Gasteiger partial charge >= 0.3 is 10.3 Å². The van der Waals surface area contributed by atoms with Gasteiger partial charge in [-0.25, -0.2) is 0 Å². The van der Waals surface area contributed by atoms with Crippen molar-refractivity contribution in [2.24, 2.45) is 0 Å². The fourth-order valence-corrected chi connectivity index (χ4v) is 4.29. The van der Waals surface area contributed by atoms with Crippen LogP contribution in [0.5, 0.6) is 0 Å². The number of nitrogens with zero attached hydrogens (tertiary/aromatic N) is 1. The molecule has 0 bridgehead atoms. The number of fused-ring (bicyclic) bond motifs is 1. The molecule has 1 aliphatic rings. The summed E-state index contributed by atoms with van der Waals surface area (Å²) in [5.41, 5.74) is 2.79. The number of rotatable bonds is 9. The summed E-state index contributed by atoms with van der Waals surface area (Å²) in [7, 11) is -4.40. The Hall–Kier alpha value is -2.91. The van der Waals surface area contributed by atoms with Gasteiger partial charge in [-0.3, -0.25) is 18.9 Å². The van der Waals surface area contributed by atoms with Crippen LogP contribution < -0.4 is 10.0 Å². The van der Waals surface area contributed by atoms with Gasteiger partial charge in [0.15, 0.2) is 0 Å². The fourth-order valence-electron chi connectivity index (χ4n) is 3.87. The first-order valence-corrected chi connectivity index (χ1v) is 12.2. The Balaban J connectivity index is 1.80. The molecule has 3 N–H and O–H groups in total. The SMILES string of the molecule is CCCCCC(=O)N1Cc2cc(NS(=O)(=O)O)ccc2C[C@H]1C(=O)NCc1ccccc1. The molecule has 32 heavy (non-hydrogen) atoms. The van der Waals surface area contributed by atoms with Crippen molar-refractivity contribution in [3.05, 3.63) is 65.2 Å². The van der Waals surface area contributed by atoms with Crippen LogP contribution in [0.15, 0.2) is 48.5 Å². The van der Waals surface area contributed by atoms with E-state index in [9.17, 15) is 18.0 Å². The summed E-state index contributed by atoms with van der Waals surface area (Å²) in [6.45, 7) is 2.63. The monoisotopic (exact) mass is 459 g/mol. The van der Waals surface area contributed by atoms with E-state index in [1.54, 1.807) is 17.0 Å². The van der Waals surface area contributed by atoms with E-state index in [0.29, 0.717) is 19.4 Å². The Kier molecular flexibility index (Phi) is 7.87. The van der Waals surface area contributed by atoms with Crippen molar-refractivity contribution >= 4 is 27.8 Å². The summed E-state index contributed by atoms with van der Waals surface area (Å²) in [6, 6.07) is 13.8. The maximum atomic E-state index is 13.1. The second-order valence-electron chi connectivity index (χ2n) is 7.96. The summed E-state index contributed by atoms with van der Waals surface area (Å²) in [5.74, 6) is -0.319. The van der Waals surface area contributed by atoms with Crippen molar-refractivity contribution < 1.29 is 22.6 Å². The Morgan fingerprint density at radius 1 is 1.09 bits per heavy atom. The molecule has 1 atom stereocenters. The third kappa shape index (κ3) is 6.54. The lowest BCUT2D eigenvalue weighted by atomic mass is 9.92. The average Bonchev–Trinajstić information content (AvgIpc) is 2.76. The predicted octanol–water partition coefficient (Wildman–Crippen LogP) is 3.05. The molecule has 9 heteroatoms. The molecule has 1 aliphatic heterocycles. The topological polar surface area (TPSA) is 116 Å². The van der Waals surface area contributed by atoms with Crippen molar-refractivity contribution in [1.82, 2.24) is 10.2 Å². The molecule has 0 radical (unpaired) electrons. The summed E-state index contributed by atoms with van der Waals surface area (Å²) in [5, 5.41) is 2.94. The first-order valence-electron chi connectivity index (χ1n) is 10.7. The summed E-state index contributed by atoms with van der Waals surface area (Å²) in [6.07, 6.45) is 3.36. The normalized spacial score (nSPS) is 15.7. The van der Waals surface area contributed by atoms with E-state index in [0.717, 1.165) is 36.0 Å². The molecule has 0 aliphatic carbocycles. The van der Waals surface area contributed by atoms with E-state index < -0.39 is 16.3 Å². The lowest BCUT2D eigenvalue weighted by Gasteiger charge is -2.36. The van der Waals surface area contributed by atoms with Crippen molar-refractivity contribution in [2.45, 2.75) is 58.2 Å². The lowest BCUT2D eigenvalue weighted by Crippen LogP contribution is -2.52. The number of anilines is 1.